The van der Waals surface area contributed by atoms with Crippen LogP contribution in [0.2, 0.25) is 19.6 Å². The van der Waals surface area contributed by atoms with Gasteiger partial charge in [-0.25, -0.2) is 0 Å². The minimum absolute atomic E-state index is 0.0964. The number of nitro groups is 1. The number of hydrogen-bond donors (Lipinski definition) is 0. The highest BCUT2D eigenvalue weighted by Gasteiger charge is 2.09. The van der Waals surface area contributed by atoms with Crippen LogP contribution in [0.3, 0.4) is 0 Å². The van der Waals surface area contributed by atoms with Gasteiger partial charge in [0, 0.05) is 35.0 Å². The molecule has 0 unspecified atom stereocenters. The molecular weight excluding hydrogens is 316 g/mol. The number of hydrogen-bond acceptors (Lipinski definition) is 2. The Labute approximate surface area is 141 Å². The van der Waals surface area contributed by atoms with E-state index in [1.807, 2.05) is 29.0 Å². The lowest BCUT2D eigenvalue weighted by Gasteiger charge is -2.06. The SMILES string of the molecule is C[Si](C)(C)C#Cc1ccc2c(ccn2-c2ccc([N+](=O)[O-])cc2)c1. The van der Waals surface area contributed by atoms with Crippen LogP contribution in [0.15, 0.2) is 54.7 Å². The molecule has 24 heavy (non-hydrogen) atoms. The largest absolute Gasteiger partial charge is 0.317 e. The van der Waals surface area contributed by atoms with Crippen molar-refractivity contribution in [2.45, 2.75) is 19.6 Å². The summed E-state index contributed by atoms with van der Waals surface area (Å²) in [6, 6.07) is 14.8. The van der Waals surface area contributed by atoms with E-state index in [0.717, 1.165) is 22.2 Å². The molecule has 0 bridgehead atoms. The third-order valence-electron chi connectivity index (χ3n) is 3.61. The van der Waals surface area contributed by atoms with Gasteiger partial charge in [0.15, 0.2) is 0 Å². The third-order valence-corrected chi connectivity index (χ3v) is 4.49. The number of nitro benzene ring substituents is 1. The Morgan fingerprint density at radius 1 is 1.04 bits per heavy atom. The molecule has 0 amide bonds. The molecular formula is C19H18N2O2Si. The zero-order valence-corrected chi connectivity index (χ0v) is 14.9. The van der Waals surface area contributed by atoms with Crippen molar-refractivity contribution in [2.75, 3.05) is 0 Å². The van der Waals surface area contributed by atoms with Crippen LogP contribution in [0.1, 0.15) is 5.56 Å². The van der Waals surface area contributed by atoms with Gasteiger partial charge in [0.1, 0.15) is 8.07 Å². The van der Waals surface area contributed by atoms with Crippen molar-refractivity contribution in [2.24, 2.45) is 0 Å². The molecule has 0 saturated carbocycles. The first-order valence-corrected chi connectivity index (χ1v) is 11.2. The molecule has 5 heteroatoms. The van der Waals surface area contributed by atoms with Crippen LogP contribution in [0.4, 0.5) is 5.69 Å². The van der Waals surface area contributed by atoms with Crippen LogP contribution in [0.5, 0.6) is 0 Å². The number of rotatable bonds is 2. The molecule has 120 valence electrons. The normalized spacial score (nSPS) is 11.1. The fourth-order valence-electron chi connectivity index (χ4n) is 2.44. The van der Waals surface area contributed by atoms with Crippen LogP contribution in [-0.2, 0) is 0 Å². The Morgan fingerprint density at radius 3 is 2.38 bits per heavy atom. The smallest absolute Gasteiger partial charge is 0.269 e. The van der Waals surface area contributed by atoms with Gasteiger partial charge in [-0.15, -0.1) is 5.54 Å². The molecule has 0 atom stereocenters. The van der Waals surface area contributed by atoms with Crippen molar-refractivity contribution in [1.82, 2.24) is 4.57 Å². The third kappa shape index (κ3) is 3.39. The van der Waals surface area contributed by atoms with Crippen LogP contribution in [-0.4, -0.2) is 17.6 Å². The Morgan fingerprint density at radius 2 is 1.75 bits per heavy atom. The first kappa shape index (κ1) is 16.0. The summed E-state index contributed by atoms with van der Waals surface area (Å²) in [6.45, 7) is 6.68. The summed E-state index contributed by atoms with van der Waals surface area (Å²) < 4.78 is 2.02. The lowest BCUT2D eigenvalue weighted by molar-refractivity contribution is -0.384. The van der Waals surface area contributed by atoms with Gasteiger partial charge in [-0.05, 0) is 36.4 Å². The van der Waals surface area contributed by atoms with Crippen molar-refractivity contribution < 1.29 is 4.92 Å². The van der Waals surface area contributed by atoms with Gasteiger partial charge in [0.25, 0.3) is 5.69 Å². The Balaban J connectivity index is 1.99. The molecule has 1 heterocycles. The molecule has 3 rings (SSSR count). The van der Waals surface area contributed by atoms with Gasteiger partial charge in [0.05, 0.1) is 10.4 Å². The standard InChI is InChI=1S/C19H18N2O2Si/c1-24(2,3)13-11-15-4-9-19-16(14-15)10-12-20(19)17-5-7-18(8-6-17)21(22)23/h4-10,12,14H,1-3H3. The van der Waals surface area contributed by atoms with E-state index in [1.54, 1.807) is 12.1 Å². The zero-order chi connectivity index (χ0) is 17.3. The monoisotopic (exact) mass is 334 g/mol. The topological polar surface area (TPSA) is 48.1 Å². The first-order valence-electron chi connectivity index (χ1n) is 7.73. The molecule has 0 aliphatic carbocycles. The van der Waals surface area contributed by atoms with Gasteiger partial charge >= 0.3 is 0 Å². The van der Waals surface area contributed by atoms with Crippen LogP contribution >= 0.6 is 0 Å². The lowest BCUT2D eigenvalue weighted by Crippen LogP contribution is -2.16. The predicted octanol–water partition coefficient (Wildman–Crippen LogP) is 4.77. The Kier molecular flexibility index (Phi) is 4.00. The molecule has 0 aliphatic rings. The highest BCUT2D eigenvalue weighted by Crippen LogP contribution is 2.23. The molecule has 1 aromatic heterocycles. The second kappa shape index (κ2) is 5.98. The lowest BCUT2D eigenvalue weighted by atomic mass is 10.1. The predicted molar refractivity (Wildman–Crippen MR) is 100 cm³/mol. The summed E-state index contributed by atoms with van der Waals surface area (Å²) >= 11 is 0. The summed E-state index contributed by atoms with van der Waals surface area (Å²) in [5.41, 5.74) is 6.45. The summed E-state index contributed by atoms with van der Waals surface area (Å²) in [4.78, 5) is 10.4. The maximum atomic E-state index is 10.8. The van der Waals surface area contributed by atoms with Crippen molar-refractivity contribution in [3.63, 3.8) is 0 Å². The number of aromatic nitrogens is 1. The van der Waals surface area contributed by atoms with E-state index in [-0.39, 0.29) is 10.6 Å². The van der Waals surface area contributed by atoms with Gasteiger partial charge in [0.2, 0.25) is 0 Å². The molecule has 2 aromatic carbocycles. The zero-order valence-electron chi connectivity index (χ0n) is 13.9. The minimum atomic E-state index is -1.39. The van der Waals surface area contributed by atoms with E-state index in [4.69, 9.17) is 0 Å². The summed E-state index contributed by atoms with van der Waals surface area (Å²) in [7, 11) is -1.39. The minimum Gasteiger partial charge on any atom is -0.317 e. The average molecular weight is 334 g/mol. The molecule has 0 fully saturated rings. The maximum Gasteiger partial charge on any atom is 0.269 e. The number of fused-ring (bicyclic) bond motifs is 1. The molecule has 0 aliphatic heterocycles. The highest BCUT2D eigenvalue weighted by molar-refractivity contribution is 6.83. The van der Waals surface area contributed by atoms with Crippen molar-refractivity contribution in [1.29, 1.82) is 0 Å². The molecule has 0 spiro atoms. The molecule has 4 nitrogen and oxygen atoms in total. The molecule has 0 radical (unpaired) electrons. The second-order valence-corrected chi connectivity index (χ2v) is 11.5. The highest BCUT2D eigenvalue weighted by atomic mass is 28.3. The van der Waals surface area contributed by atoms with Gasteiger partial charge < -0.3 is 4.57 Å². The fraction of sp³-hybridized carbons (Fsp3) is 0.158. The van der Waals surface area contributed by atoms with E-state index < -0.39 is 8.07 Å². The number of non-ortho nitro benzene ring substituents is 1. The maximum absolute atomic E-state index is 10.8. The summed E-state index contributed by atoms with van der Waals surface area (Å²) in [5, 5.41) is 11.9. The first-order chi connectivity index (χ1) is 11.3. The van der Waals surface area contributed by atoms with E-state index >= 15 is 0 Å². The summed E-state index contributed by atoms with van der Waals surface area (Å²) in [5.74, 6) is 3.27. The van der Waals surface area contributed by atoms with Gasteiger partial charge in [-0.2, -0.15) is 0 Å². The number of benzene rings is 2. The van der Waals surface area contributed by atoms with E-state index in [1.165, 1.54) is 12.1 Å². The van der Waals surface area contributed by atoms with Crippen LogP contribution < -0.4 is 0 Å². The quantitative estimate of drug-likeness (QED) is 0.293. The van der Waals surface area contributed by atoms with E-state index in [0.29, 0.717) is 0 Å². The van der Waals surface area contributed by atoms with Gasteiger partial charge in [-0.1, -0.05) is 25.6 Å². The van der Waals surface area contributed by atoms with Crippen molar-refractivity contribution in [3.05, 3.63) is 70.4 Å². The van der Waals surface area contributed by atoms with Crippen molar-refractivity contribution >= 4 is 24.7 Å². The summed E-state index contributed by atoms with van der Waals surface area (Å²) in [6.07, 6.45) is 1.97. The number of nitrogens with zero attached hydrogens (tertiary/aromatic N) is 2. The molecule has 0 N–H and O–H groups in total. The molecule has 0 saturated heterocycles. The van der Waals surface area contributed by atoms with Crippen LogP contribution in [0.25, 0.3) is 16.6 Å². The van der Waals surface area contributed by atoms with E-state index in [9.17, 15) is 10.1 Å². The Hall–Kier alpha value is -2.84. The fourth-order valence-corrected chi connectivity index (χ4v) is 2.96. The van der Waals surface area contributed by atoms with Crippen LogP contribution in [0, 0.1) is 21.6 Å². The van der Waals surface area contributed by atoms with Gasteiger partial charge in [-0.3, -0.25) is 10.1 Å². The second-order valence-electron chi connectivity index (χ2n) is 6.73. The average Bonchev–Trinajstić information content (AvgIpc) is 2.95. The van der Waals surface area contributed by atoms with E-state index in [2.05, 4.69) is 37.2 Å². The van der Waals surface area contributed by atoms with Crippen molar-refractivity contribution in [3.8, 4) is 17.2 Å². The molecule has 3 aromatic rings. The Bertz CT molecular complexity index is 970.